The molecule has 2 heterocycles. The third-order valence-corrected chi connectivity index (χ3v) is 5.54. The lowest BCUT2D eigenvalue weighted by Gasteiger charge is -2.13. The quantitative estimate of drug-likeness (QED) is 0.359. The number of furan rings is 1. The number of nitrogens with zero attached hydrogens (tertiary/aromatic N) is 1. The second-order valence-corrected chi connectivity index (χ2v) is 7.71. The lowest BCUT2D eigenvalue weighted by Crippen LogP contribution is -2.39. The van der Waals surface area contributed by atoms with E-state index in [-0.39, 0.29) is 0 Å². The van der Waals surface area contributed by atoms with Crippen molar-refractivity contribution in [1.29, 1.82) is 0 Å². The molecule has 0 aliphatic heterocycles. The molecule has 30 heavy (non-hydrogen) atoms. The van der Waals surface area contributed by atoms with E-state index < -0.39 is 0 Å². The summed E-state index contributed by atoms with van der Waals surface area (Å²) in [6, 6.07) is 14.1. The summed E-state index contributed by atoms with van der Waals surface area (Å²) in [7, 11) is 3.30. The van der Waals surface area contributed by atoms with Crippen molar-refractivity contribution in [1.82, 2.24) is 10.6 Å². The lowest BCUT2D eigenvalue weighted by molar-refractivity contribution is 0.354. The molecule has 0 aliphatic carbocycles. The van der Waals surface area contributed by atoms with Crippen LogP contribution in [0.1, 0.15) is 16.2 Å². The zero-order valence-corrected chi connectivity index (χ0v) is 18.3. The predicted octanol–water partition coefficient (Wildman–Crippen LogP) is 3.92. The van der Waals surface area contributed by atoms with Crippen molar-refractivity contribution >= 4 is 17.3 Å². The molecule has 0 unspecified atom stereocenters. The number of ether oxygens (including phenoxy) is 2. The Bertz CT molecular complexity index is 893. The summed E-state index contributed by atoms with van der Waals surface area (Å²) in [6.45, 7) is 2.27. The minimum atomic E-state index is 0.740. The van der Waals surface area contributed by atoms with Crippen LogP contribution in [-0.2, 0) is 19.3 Å². The van der Waals surface area contributed by atoms with Crippen LogP contribution < -0.4 is 20.1 Å². The normalized spacial score (nSPS) is 11.3. The zero-order chi connectivity index (χ0) is 21.0. The van der Waals surface area contributed by atoms with Gasteiger partial charge >= 0.3 is 0 Å². The maximum Gasteiger partial charge on any atom is 0.191 e. The van der Waals surface area contributed by atoms with Crippen molar-refractivity contribution in [2.75, 3.05) is 33.9 Å². The van der Waals surface area contributed by atoms with Gasteiger partial charge in [-0.15, -0.1) is 11.3 Å². The molecule has 0 spiro atoms. The predicted molar refractivity (Wildman–Crippen MR) is 122 cm³/mol. The van der Waals surface area contributed by atoms with Gasteiger partial charge in [0.15, 0.2) is 17.5 Å². The first-order chi connectivity index (χ1) is 14.8. The summed E-state index contributed by atoms with van der Waals surface area (Å²) < 4.78 is 16.1. The second kappa shape index (κ2) is 11.9. The molecule has 1 aromatic carbocycles. The van der Waals surface area contributed by atoms with Crippen LogP contribution >= 0.6 is 11.3 Å². The highest BCUT2D eigenvalue weighted by molar-refractivity contribution is 7.09. The van der Waals surface area contributed by atoms with Gasteiger partial charge in [-0.25, -0.2) is 0 Å². The van der Waals surface area contributed by atoms with E-state index in [4.69, 9.17) is 18.9 Å². The van der Waals surface area contributed by atoms with Crippen molar-refractivity contribution in [3.8, 4) is 11.5 Å². The third-order valence-electron chi connectivity index (χ3n) is 4.61. The van der Waals surface area contributed by atoms with Crippen LogP contribution in [-0.4, -0.2) is 39.8 Å². The summed E-state index contributed by atoms with van der Waals surface area (Å²) >= 11 is 1.77. The fourth-order valence-electron chi connectivity index (χ4n) is 3.03. The number of guanidine groups is 1. The molecule has 2 N–H and O–H groups in total. The van der Waals surface area contributed by atoms with E-state index in [2.05, 4.69) is 34.2 Å². The molecular weight excluding hydrogens is 398 g/mol. The highest BCUT2D eigenvalue weighted by Crippen LogP contribution is 2.27. The molecule has 0 radical (unpaired) electrons. The first-order valence-electron chi connectivity index (χ1n) is 10.1. The Hall–Kier alpha value is -2.93. The Labute approximate surface area is 181 Å². The molecule has 7 heteroatoms. The van der Waals surface area contributed by atoms with Gasteiger partial charge in [0.25, 0.3) is 0 Å². The average molecular weight is 428 g/mol. The smallest absolute Gasteiger partial charge is 0.191 e. The van der Waals surface area contributed by atoms with E-state index in [0.29, 0.717) is 0 Å². The molecule has 3 aromatic rings. The fourth-order valence-corrected chi connectivity index (χ4v) is 3.73. The van der Waals surface area contributed by atoms with Crippen LogP contribution in [0.3, 0.4) is 0 Å². The van der Waals surface area contributed by atoms with E-state index in [9.17, 15) is 0 Å². The monoisotopic (exact) mass is 427 g/mol. The van der Waals surface area contributed by atoms with Crippen LogP contribution in [0.25, 0.3) is 0 Å². The van der Waals surface area contributed by atoms with Crippen molar-refractivity contribution in [3.63, 3.8) is 0 Å². The van der Waals surface area contributed by atoms with Gasteiger partial charge in [-0.3, -0.25) is 4.99 Å². The number of hydrogen-bond acceptors (Lipinski definition) is 5. The van der Waals surface area contributed by atoms with Gasteiger partial charge in [-0.1, -0.05) is 12.1 Å². The first-order valence-corrected chi connectivity index (χ1v) is 10.9. The Kier molecular flexibility index (Phi) is 8.65. The Balaban J connectivity index is 1.52. The van der Waals surface area contributed by atoms with Crippen molar-refractivity contribution in [2.45, 2.75) is 19.3 Å². The molecule has 3 rings (SSSR count). The standard InChI is InChI=1S/C23H29N3O3S/c1-27-21-8-7-18(17-22(21)28-2)9-12-24-23(25-13-10-19-5-3-15-29-19)26-14-11-20-6-4-16-30-20/h3-8,15-17H,9-14H2,1-2H3,(H2,24,25,26). The topological polar surface area (TPSA) is 68.0 Å². The molecule has 0 amide bonds. The number of rotatable bonds is 11. The molecule has 0 atom stereocenters. The van der Waals surface area contributed by atoms with Crippen LogP contribution in [0, 0.1) is 0 Å². The van der Waals surface area contributed by atoms with Crippen molar-refractivity contribution < 1.29 is 13.9 Å². The van der Waals surface area contributed by atoms with E-state index in [1.807, 2.05) is 24.3 Å². The highest BCUT2D eigenvalue weighted by atomic mass is 32.1. The second-order valence-electron chi connectivity index (χ2n) is 6.68. The first kappa shape index (κ1) is 21.8. The van der Waals surface area contributed by atoms with E-state index in [0.717, 1.165) is 62.1 Å². The Morgan fingerprint density at radius 1 is 0.967 bits per heavy atom. The summed E-state index contributed by atoms with van der Waals surface area (Å²) in [5.41, 5.74) is 1.17. The highest BCUT2D eigenvalue weighted by Gasteiger charge is 2.05. The molecule has 0 fully saturated rings. The Morgan fingerprint density at radius 2 is 1.80 bits per heavy atom. The van der Waals surface area contributed by atoms with Gasteiger partial charge in [0, 0.05) is 37.4 Å². The average Bonchev–Trinajstić information content (AvgIpc) is 3.47. The van der Waals surface area contributed by atoms with Crippen LogP contribution in [0.5, 0.6) is 11.5 Å². The largest absolute Gasteiger partial charge is 0.493 e. The van der Waals surface area contributed by atoms with E-state index in [1.165, 1.54) is 10.4 Å². The number of methoxy groups -OCH3 is 2. The number of thiophene rings is 1. The van der Waals surface area contributed by atoms with Gasteiger partial charge in [-0.2, -0.15) is 0 Å². The van der Waals surface area contributed by atoms with Crippen LogP contribution in [0.15, 0.2) is 63.5 Å². The van der Waals surface area contributed by atoms with Gasteiger partial charge in [-0.05, 0) is 47.7 Å². The minimum Gasteiger partial charge on any atom is -0.493 e. The fraction of sp³-hybridized carbons (Fsp3) is 0.348. The maximum absolute atomic E-state index is 5.40. The summed E-state index contributed by atoms with van der Waals surface area (Å²) in [5, 5.41) is 8.94. The molecule has 0 aliphatic rings. The van der Waals surface area contributed by atoms with Gasteiger partial charge < -0.3 is 24.5 Å². The number of hydrogen-bond donors (Lipinski definition) is 2. The minimum absolute atomic E-state index is 0.740. The number of nitrogens with one attached hydrogen (secondary N) is 2. The molecule has 6 nitrogen and oxygen atoms in total. The van der Waals surface area contributed by atoms with Crippen molar-refractivity contribution in [3.05, 3.63) is 70.3 Å². The van der Waals surface area contributed by atoms with E-state index >= 15 is 0 Å². The Morgan fingerprint density at radius 3 is 2.50 bits per heavy atom. The summed E-state index contributed by atoms with van der Waals surface area (Å²) in [6.07, 6.45) is 4.31. The van der Waals surface area contributed by atoms with Gasteiger partial charge in [0.2, 0.25) is 0 Å². The molecule has 0 saturated carbocycles. The van der Waals surface area contributed by atoms with Crippen LogP contribution in [0.4, 0.5) is 0 Å². The van der Waals surface area contributed by atoms with Gasteiger partial charge in [0.05, 0.1) is 20.5 Å². The van der Waals surface area contributed by atoms with E-state index in [1.54, 1.807) is 31.8 Å². The third kappa shape index (κ3) is 6.84. The molecular formula is C23H29N3O3S. The van der Waals surface area contributed by atoms with Gasteiger partial charge in [0.1, 0.15) is 5.76 Å². The molecule has 2 aromatic heterocycles. The molecule has 160 valence electrons. The van der Waals surface area contributed by atoms with Crippen molar-refractivity contribution in [2.24, 2.45) is 4.99 Å². The SMILES string of the molecule is COc1ccc(CCNC(=NCCc2cccs2)NCCc2ccco2)cc1OC. The number of aliphatic imine (C=N–C) groups is 1. The lowest BCUT2D eigenvalue weighted by atomic mass is 10.1. The molecule has 0 bridgehead atoms. The summed E-state index contributed by atoms with van der Waals surface area (Å²) in [4.78, 5) is 6.08. The van der Waals surface area contributed by atoms with Crippen LogP contribution in [0.2, 0.25) is 0 Å². The molecule has 0 saturated heterocycles. The zero-order valence-electron chi connectivity index (χ0n) is 17.5. The number of benzene rings is 1. The maximum atomic E-state index is 5.40. The summed E-state index contributed by atoms with van der Waals surface area (Å²) in [5.74, 6) is 3.27.